The summed E-state index contributed by atoms with van der Waals surface area (Å²) >= 11 is 0. The summed E-state index contributed by atoms with van der Waals surface area (Å²) in [6.07, 6.45) is -2.42. The first kappa shape index (κ1) is 11.4. The van der Waals surface area contributed by atoms with E-state index in [1.807, 2.05) is 0 Å². The molecule has 0 spiro atoms. The highest BCUT2D eigenvalue weighted by atomic mass is 16.5. The number of hydrogen-bond acceptors (Lipinski definition) is 5. The van der Waals surface area contributed by atoms with E-state index in [0.717, 1.165) is 0 Å². The van der Waals surface area contributed by atoms with Crippen LogP contribution in [0.15, 0.2) is 0 Å². The van der Waals surface area contributed by atoms with Crippen molar-refractivity contribution in [2.45, 2.75) is 18.3 Å². The lowest BCUT2D eigenvalue weighted by atomic mass is 10.3. The van der Waals surface area contributed by atoms with Crippen LogP contribution in [0.1, 0.15) is 0 Å². The minimum atomic E-state index is -0.866. The summed E-state index contributed by atoms with van der Waals surface area (Å²) in [5.41, 5.74) is 5.32. The van der Waals surface area contributed by atoms with Gasteiger partial charge in [-0.2, -0.15) is 0 Å². The van der Waals surface area contributed by atoms with Crippen LogP contribution >= 0.6 is 0 Å². The number of aliphatic hydroxyl groups is 2. The van der Waals surface area contributed by atoms with Gasteiger partial charge >= 0.3 is 0 Å². The highest BCUT2D eigenvalue weighted by molar-refractivity contribution is 5.81. The molecule has 1 aliphatic rings. The Morgan fingerprint density at radius 3 is 2.43 bits per heavy atom. The highest BCUT2D eigenvalue weighted by Gasteiger charge is 2.35. The number of nitrogens with zero attached hydrogens (tertiary/aromatic N) is 1. The number of rotatable bonds is 3. The molecule has 6 nitrogen and oxygen atoms in total. The number of carbonyl (C=O) groups is 1. The fourth-order valence-electron chi connectivity index (χ4n) is 1.45. The first-order chi connectivity index (χ1) is 6.60. The monoisotopic (exact) mass is 204 g/mol. The van der Waals surface area contributed by atoms with Crippen LogP contribution in [0.4, 0.5) is 0 Å². The number of ether oxygens (including phenoxy) is 1. The van der Waals surface area contributed by atoms with E-state index < -0.39 is 18.3 Å². The maximum atomic E-state index is 11.6. The normalized spacial score (nSPS) is 29.3. The molecule has 6 heteroatoms. The summed E-state index contributed by atoms with van der Waals surface area (Å²) in [5.74, 6) is -0.286. The quantitative estimate of drug-likeness (QED) is 0.473. The predicted molar refractivity (Wildman–Crippen MR) is 48.4 cm³/mol. The van der Waals surface area contributed by atoms with Crippen molar-refractivity contribution in [3.63, 3.8) is 0 Å². The Hall–Kier alpha value is -0.690. The molecule has 3 atom stereocenters. The van der Waals surface area contributed by atoms with Crippen molar-refractivity contribution in [2.24, 2.45) is 5.73 Å². The molecule has 1 saturated heterocycles. The molecular weight excluding hydrogens is 188 g/mol. The van der Waals surface area contributed by atoms with Crippen molar-refractivity contribution in [2.75, 3.05) is 26.7 Å². The summed E-state index contributed by atoms with van der Waals surface area (Å²) in [7, 11) is 1.40. The van der Waals surface area contributed by atoms with Gasteiger partial charge in [-0.05, 0) is 0 Å². The molecule has 1 aliphatic heterocycles. The zero-order valence-electron chi connectivity index (χ0n) is 8.09. The lowest BCUT2D eigenvalue weighted by Crippen LogP contribution is -2.43. The summed E-state index contributed by atoms with van der Waals surface area (Å²) in [6.45, 7) is 0.373. The average molecular weight is 204 g/mol. The van der Waals surface area contributed by atoms with Crippen molar-refractivity contribution in [1.82, 2.24) is 4.90 Å². The number of likely N-dealkylation sites (tertiary alicyclic amines) is 1. The Labute approximate surface area is 82.3 Å². The van der Waals surface area contributed by atoms with Crippen molar-refractivity contribution < 1.29 is 19.7 Å². The van der Waals surface area contributed by atoms with Crippen LogP contribution in [0.2, 0.25) is 0 Å². The van der Waals surface area contributed by atoms with Gasteiger partial charge in [0.15, 0.2) is 0 Å². The van der Waals surface area contributed by atoms with Crippen LogP contribution in [0.3, 0.4) is 0 Å². The van der Waals surface area contributed by atoms with E-state index in [2.05, 4.69) is 0 Å². The van der Waals surface area contributed by atoms with Gasteiger partial charge in [0.25, 0.3) is 5.91 Å². The van der Waals surface area contributed by atoms with E-state index in [4.69, 9.17) is 10.5 Å². The van der Waals surface area contributed by atoms with E-state index in [9.17, 15) is 15.0 Å². The van der Waals surface area contributed by atoms with E-state index in [0.29, 0.717) is 0 Å². The van der Waals surface area contributed by atoms with Gasteiger partial charge in [0.1, 0.15) is 6.10 Å². The third kappa shape index (κ3) is 2.21. The molecule has 0 aliphatic carbocycles. The Morgan fingerprint density at radius 2 is 2.07 bits per heavy atom. The van der Waals surface area contributed by atoms with Gasteiger partial charge in [-0.25, -0.2) is 0 Å². The maximum absolute atomic E-state index is 11.6. The third-order valence-electron chi connectivity index (χ3n) is 2.34. The number of aliphatic hydroxyl groups excluding tert-OH is 2. The van der Waals surface area contributed by atoms with Crippen molar-refractivity contribution in [3.8, 4) is 0 Å². The largest absolute Gasteiger partial charge is 0.388 e. The van der Waals surface area contributed by atoms with Gasteiger partial charge < -0.3 is 25.6 Å². The van der Waals surface area contributed by atoms with Gasteiger partial charge in [-0.15, -0.1) is 0 Å². The Balaban J connectivity index is 2.54. The topological polar surface area (TPSA) is 96.0 Å². The molecule has 4 N–H and O–H groups in total. The highest BCUT2D eigenvalue weighted by Crippen LogP contribution is 2.11. The van der Waals surface area contributed by atoms with Crippen molar-refractivity contribution in [3.05, 3.63) is 0 Å². The number of amides is 1. The van der Waals surface area contributed by atoms with E-state index >= 15 is 0 Å². The molecule has 1 unspecified atom stereocenters. The van der Waals surface area contributed by atoms with Gasteiger partial charge in [-0.3, -0.25) is 4.79 Å². The average Bonchev–Trinajstić information content (AvgIpc) is 2.49. The number of β-amino-alcohol motifs (C(OH)–C–C–N with tert-alkyl or cyclic N) is 2. The minimum absolute atomic E-state index is 0.0953. The lowest BCUT2D eigenvalue weighted by molar-refractivity contribution is -0.140. The Bertz CT molecular complexity index is 198. The lowest BCUT2D eigenvalue weighted by Gasteiger charge is -2.20. The zero-order chi connectivity index (χ0) is 10.7. The predicted octanol–water partition coefficient (Wildman–Crippen LogP) is -2.48. The number of nitrogens with two attached hydrogens (primary N) is 1. The smallest absolute Gasteiger partial charge is 0.253 e. The number of carbonyl (C=O) groups excluding carboxylic acids is 1. The number of methoxy groups -OCH3 is 1. The maximum Gasteiger partial charge on any atom is 0.253 e. The summed E-state index contributed by atoms with van der Waals surface area (Å²) in [4.78, 5) is 13.0. The van der Waals surface area contributed by atoms with Crippen LogP contribution in [0.5, 0.6) is 0 Å². The molecule has 0 saturated carbocycles. The van der Waals surface area contributed by atoms with Gasteiger partial charge in [0.2, 0.25) is 0 Å². The zero-order valence-corrected chi connectivity index (χ0v) is 8.09. The summed E-state index contributed by atoms with van der Waals surface area (Å²) < 4.78 is 4.86. The van der Waals surface area contributed by atoms with Crippen molar-refractivity contribution >= 4 is 5.91 Å². The second-order valence-electron chi connectivity index (χ2n) is 3.34. The van der Waals surface area contributed by atoms with Gasteiger partial charge in [-0.1, -0.05) is 0 Å². The molecule has 0 bridgehead atoms. The second kappa shape index (κ2) is 4.70. The molecule has 1 fully saturated rings. The molecule has 14 heavy (non-hydrogen) atoms. The molecular formula is C8H16N2O4. The second-order valence-corrected chi connectivity index (χ2v) is 3.34. The van der Waals surface area contributed by atoms with E-state index in [-0.39, 0.29) is 25.5 Å². The minimum Gasteiger partial charge on any atom is -0.388 e. The van der Waals surface area contributed by atoms with Gasteiger partial charge in [0, 0.05) is 26.7 Å². The Morgan fingerprint density at radius 1 is 1.57 bits per heavy atom. The molecule has 82 valence electrons. The first-order valence-electron chi connectivity index (χ1n) is 4.48. The molecule has 1 rings (SSSR count). The van der Waals surface area contributed by atoms with Crippen molar-refractivity contribution in [1.29, 1.82) is 0 Å². The van der Waals surface area contributed by atoms with Crippen LogP contribution in [0.25, 0.3) is 0 Å². The fourth-order valence-corrected chi connectivity index (χ4v) is 1.45. The van der Waals surface area contributed by atoms with Crippen LogP contribution in [-0.4, -0.2) is 66.1 Å². The summed E-state index contributed by atoms with van der Waals surface area (Å²) in [6, 6.07) is 0. The third-order valence-corrected chi connectivity index (χ3v) is 2.34. The van der Waals surface area contributed by atoms with Crippen LogP contribution in [-0.2, 0) is 9.53 Å². The SMILES string of the molecule is COC(CN)C(=O)N1C[C@@H](O)[C@@H](O)C1. The molecule has 0 aromatic carbocycles. The molecule has 0 aromatic heterocycles. The van der Waals surface area contributed by atoms with Crippen LogP contribution in [0, 0.1) is 0 Å². The number of hydrogen-bond donors (Lipinski definition) is 3. The molecule has 1 amide bonds. The first-order valence-corrected chi connectivity index (χ1v) is 4.48. The fraction of sp³-hybridized carbons (Fsp3) is 0.875. The van der Waals surface area contributed by atoms with E-state index in [1.54, 1.807) is 0 Å². The standard InChI is InChI=1S/C8H16N2O4/c1-14-7(2-9)8(13)10-3-5(11)6(12)4-10/h5-7,11-12H,2-4,9H2,1H3/t5-,6+,7?. The summed E-state index contributed by atoms with van der Waals surface area (Å²) in [5, 5.41) is 18.5. The Kier molecular flexibility index (Phi) is 3.82. The van der Waals surface area contributed by atoms with Gasteiger partial charge in [0.05, 0.1) is 12.2 Å². The molecule has 0 aromatic rings. The van der Waals surface area contributed by atoms with Crippen LogP contribution < -0.4 is 5.73 Å². The van der Waals surface area contributed by atoms with E-state index in [1.165, 1.54) is 12.0 Å². The molecule has 0 radical (unpaired) electrons. The molecule has 1 heterocycles.